The van der Waals surface area contributed by atoms with E-state index in [4.69, 9.17) is 33.8 Å². The van der Waals surface area contributed by atoms with Gasteiger partial charge in [0, 0.05) is 19.5 Å². The van der Waals surface area contributed by atoms with Crippen molar-refractivity contribution in [2.24, 2.45) is 44.6 Å². The molecule has 0 unspecified atom stereocenters. The summed E-state index contributed by atoms with van der Waals surface area (Å²) in [6.07, 6.45) is 0.328. The van der Waals surface area contributed by atoms with Gasteiger partial charge in [-0.1, -0.05) is 13.8 Å². The van der Waals surface area contributed by atoms with Crippen LogP contribution in [0.3, 0.4) is 0 Å². The van der Waals surface area contributed by atoms with E-state index in [9.17, 15) is 29.1 Å². The molecular weight excluding hydrogens is 528 g/mol. The summed E-state index contributed by atoms with van der Waals surface area (Å²) in [4.78, 5) is 68.9. The number of rotatable bonds is 20. The summed E-state index contributed by atoms with van der Waals surface area (Å²) in [7, 11) is 0. The van der Waals surface area contributed by atoms with Gasteiger partial charge in [0.1, 0.15) is 18.1 Å². The summed E-state index contributed by atoms with van der Waals surface area (Å²) in [6, 6.07) is -4.72. The summed E-state index contributed by atoms with van der Waals surface area (Å²) < 4.78 is 0. The maximum Gasteiger partial charge on any atom is 0.326 e. The van der Waals surface area contributed by atoms with Gasteiger partial charge in [-0.2, -0.15) is 0 Å². The van der Waals surface area contributed by atoms with Crippen LogP contribution in [0, 0.1) is 5.92 Å². The zero-order valence-electron chi connectivity index (χ0n) is 23.0. The maximum absolute atomic E-state index is 13.2. The Hall–Kier alpha value is -4.15. The minimum Gasteiger partial charge on any atom is -0.481 e. The topological polar surface area (TPSA) is 317 Å². The molecule has 0 aliphatic carbocycles. The van der Waals surface area contributed by atoms with Crippen LogP contribution in [0.25, 0.3) is 0 Å². The minimum atomic E-state index is -1.29. The molecule has 0 heterocycles. The van der Waals surface area contributed by atoms with Crippen molar-refractivity contribution in [3.05, 3.63) is 0 Å². The Balaban J connectivity index is 5.64. The van der Waals surface area contributed by atoms with Crippen LogP contribution in [-0.4, -0.2) is 89.0 Å². The number of guanidine groups is 2. The molecule has 0 aromatic heterocycles. The van der Waals surface area contributed by atoms with Crippen LogP contribution in [0.2, 0.25) is 0 Å². The smallest absolute Gasteiger partial charge is 0.326 e. The van der Waals surface area contributed by atoms with Crippen molar-refractivity contribution in [2.45, 2.75) is 83.0 Å². The molecule has 3 amide bonds. The van der Waals surface area contributed by atoms with Crippen LogP contribution in [0.4, 0.5) is 0 Å². The molecule has 0 bridgehead atoms. The summed E-state index contributed by atoms with van der Waals surface area (Å²) in [6.45, 7) is 3.94. The van der Waals surface area contributed by atoms with Crippen molar-refractivity contribution in [1.82, 2.24) is 16.0 Å². The predicted molar refractivity (Wildman–Crippen MR) is 148 cm³/mol. The van der Waals surface area contributed by atoms with Crippen molar-refractivity contribution in [3.8, 4) is 0 Å². The highest BCUT2D eigenvalue weighted by molar-refractivity contribution is 5.94. The lowest BCUT2D eigenvalue weighted by atomic mass is 10.0. The number of aliphatic carboxylic acids is 2. The number of nitrogens with one attached hydrogen (secondary N) is 3. The van der Waals surface area contributed by atoms with Crippen LogP contribution < -0.4 is 44.6 Å². The van der Waals surface area contributed by atoms with E-state index in [1.165, 1.54) is 0 Å². The average Bonchev–Trinajstić information content (AvgIpc) is 2.84. The third-order valence-electron chi connectivity index (χ3n) is 5.48. The number of hydrogen-bond donors (Lipinski definition) is 10. The second-order valence-corrected chi connectivity index (χ2v) is 9.59. The highest BCUT2D eigenvalue weighted by Gasteiger charge is 2.30. The number of carbonyl (C=O) groups is 5. The van der Waals surface area contributed by atoms with Gasteiger partial charge in [-0.15, -0.1) is 0 Å². The maximum atomic E-state index is 13.2. The Kier molecular flexibility index (Phi) is 17.0. The van der Waals surface area contributed by atoms with Crippen LogP contribution in [0.5, 0.6) is 0 Å². The number of carboxylic acid groups (broad SMARTS) is 2. The third kappa shape index (κ3) is 16.6. The molecule has 4 atom stereocenters. The van der Waals surface area contributed by atoms with E-state index in [0.29, 0.717) is 0 Å². The molecule has 17 heteroatoms. The first kappa shape index (κ1) is 35.9. The van der Waals surface area contributed by atoms with Crippen molar-refractivity contribution >= 4 is 41.6 Å². The second kappa shape index (κ2) is 19.0. The van der Waals surface area contributed by atoms with Crippen molar-refractivity contribution in [1.29, 1.82) is 0 Å². The van der Waals surface area contributed by atoms with Crippen LogP contribution in [0.15, 0.2) is 9.98 Å². The van der Waals surface area contributed by atoms with Crippen LogP contribution in [-0.2, 0) is 24.0 Å². The Bertz CT molecular complexity index is 918. The second-order valence-electron chi connectivity index (χ2n) is 9.59. The number of nitrogens with zero attached hydrogens (tertiary/aromatic N) is 2. The van der Waals surface area contributed by atoms with Crippen molar-refractivity contribution in [2.75, 3.05) is 13.1 Å². The third-order valence-corrected chi connectivity index (χ3v) is 5.48. The molecule has 40 heavy (non-hydrogen) atoms. The first-order chi connectivity index (χ1) is 18.6. The van der Waals surface area contributed by atoms with Gasteiger partial charge in [0.05, 0.1) is 6.04 Å². The quantitative estimate of drug-likeness (QED) is 0.0393. The predicted octanol–water partition coefficient (Wildman–Crippen LogP) is -3.13. The van der Waals surface area contributed by atoms with Gasteiger partial charge in [-0.3, -0.25) is 29.2 Å². The zero-order chi connectivity index (χ0) is 30.8. The van der Waals surface area contributed by atoms with E-state index in [2.05, 4.69) is 25.9 Å². The summed E-state index contributed by atoms with van der Waals surface area (Å²) in [5.41, 5.74) is 26.9. The molecule has 0 saturated carbocycles. The summed E-state index contributed by atoms with van der Waals surface area (Å²) in [5, 5.41) is 25.9. The van der Waals surface area contributed by atoms with E-state index in [1.54, 1.807) is 0 Å². The molecule has 0 aliphatic heterocycles. The average molecular weight is 573 g/mol. The van der Waals surface area contributed by atoms with Crippen molar-refractivity contribution < 1.29 is 34.2 Å². The lowest BCUT2D eigenvalue weighted by Crippen LogP contribution is -2.57. The van der Waals surface area contributed by atoms with Gasteiger partial charge in [-0.25, -0.2) is 4.79 Å². The number of hydrogen-bond acceptors (Lipinski definition) is 8. The molecule has 0 rings (SSSR count). The zero-order valence-corrected chi connectivity index (χ0v) is 23.0. The molecule has 0 spiro atoms. The van der Waals surface area contributed by atoms with E-state index in [1.807, 2.05) is 13.8 Å². The van der Waals surface area contributed by atoms with Gasteiger partial charge in [0.25, 0.3) is 0 Å². The monoisotopic (exact) mass is 572 g/mol. The number of carbonyl (C=O) groups excluding carboxylic acids is 3. The van der Waals surface area contributed by atoms with Crippen LogP contribution in [0.1, 0.15) is 58.8 Å². The highest BCUT2D eigenvalue weighted by Crippen LogP contribution is 2.09. The first-order valence-corrected chi connectivity index (χ1v) is 12.9. The standard InChI is InChI=1S/C23H44N10O7/c1-12(2)11-16(33-18(36)13(24)7-8-17(34)35)20(38)31-14(5-3-9-29-22(25)26)19(37)32-15(21(39)40)6-4-10-30-23(27)28/h12-16H,3-11,24H2,1-2H3,(H,31,38)(H,32,37)(H,33,36)(H,34,35)(H,39,40)(H4,25,26,29)(H4,27,28,30)/t13-,14-,15-,16-/m0/s1. The van der Waals surface area contributed by atoms with Crippen LogP contribution >= 0.6 is 0 Å². The number of nitrogens with two attached hydrogens (primary N) is 5. The Labute approximate surface area is 232 Å². The molecule has 17 nitrogen and oxygen atoms in total. The molecule has 0 aromatic carbocycles. The fourth-order valence-corrected chi connectivity index (χ4v) is 3.47. The Morgan fingerprint density at radius 1 is 0.700 bits per heavy atom. The molecular formula is C23H44N10O7. The lowest BCUT2D eigenvalue weighted by Gasteiger charge is -2.26. The first-order valence-electron chi connectivity index (χ1n) is 12.9. The molecule has 15 N–H and O–H groups in total. The van der Waals surface area contributed by atoms with Gasteiger partial charge >= 0.3 is 11.9 Å². The van der Waals surface area contributed by atoms with Gasteiger partial charge in [0.2, 0.25) is 17.7 Å². The van der Waals surface area contributed by atoms with E-state index in [0.717, 1.165) is 0 Å². The lowest BCUT2D eigenvalue weighted by molar-refractivity contribution is -0.142. The summed E-state index contributed by atoms with van der Waals surface area (Å²) >= 11 is 0. The van der Waals surface area contributed by atoms with Gasteiger partial charge in [-0.05, 0) is 44.4 Å². The fraction of sp³-hybridized carbons (Fsp3) is 0.696. The van der Waals surface area contributed by atoms with Crippen molar-refractivity contribution in [3.63, 3.8) is 0 Å². The number of amides is 3. The number of carboxylic acids is 2. The Morgan fingerprint density at radius 2 is 1.15 bits per heavy atom. The molecule has 228 valence electrons. The molecule has 0 aliphatic rings. The van der Waals surface area contributed by atoms with E-state index >= 15 is 0 Å². The Morgan fingerprint density at radius 3 is 1.60 bits per heavy atom. The van der Waals surface area contributed by atoms with E-state index in [-0.39, 0.29) is 75.9 Å². The van der Waals surface area contributed by atoms with Gasteiger partial charge < -0.3 is 54.8 Å². The highest BCUT2D eigenvalue weighted by atomic mass is 16.4. The molecule has 0 fully saturated rings. The number of aliphatic imine (C=N–C) groups is 2. The molecule has 0 radical (unpaired) electrons. The normalized spacial score (nSPS) is 13.7. The fourth-order valence-electron chi connectivity index (χ4n) is 3.47. The molecule has 0 aromatic rings. The van der Waals surface area contributed by atoms with Gasteiger partial charge in [0.15, 0.2) is 11.9 Å². The summed E-state index contributed by atoms with van der Waals surface area (Å²) in [5.74, 6) is -4.95. The minimum absolute atomic E-state index is 0.0206. The largest absolute Gasteiger partial charge is 0.481 e. The van der Waals surface area contributed by atoms with E-state index < -0.39 is 53.8 Å². The SMILES string of the molecule is CC(C)C[C@H](NC(=O)[C@@H](N)CCC(=O)O)C(=O)N[C@@H](CCCN=C(N)N)C(=O)N[C@@H](CCCN=C(N)N)C(=O)O. The molecule has 0 saturated heterocycles.